The van der Waals surface area contributed by atoms with E-state index < -0.39 is 24.2 Å². The molecule has 1 fully saturated rings. The average molecular weight is 529 g/mol. The van der Waals surface area contributed by atoms with Gasteiger partial charge in [0.1, 0.15) is 6.10 Å². The second-order valence-electron chi connectivity index (χ2n) is 9.29. The van der Waals surface area contributed by atoms with Crippen molar-refractivity contribution < 1.29 is 15.0 Å². The second kappa shape index (κ2) is 12.6. The van der Waals surface area contributed by atoms with Crippen LogP contribution in [-0.4, -0.2) is 82.0 Å². The summed E-state index contributed by atoms with van der Waals surface area (Å²) in [5.74, 6) is 0.513. The lowest BCUT2D eigenvalue weighted by atomic mass is 10.0. The molecule has 1 amide bonds. The highest BCUT2D eigenvalue weighted by molar-refractivity contribution is 7.99. The lowest BCUT2D eigenvalue weighted by molar-refractivity contribution is -0.140. The van der Waals surface area contributed by atoms with Crippen molar-refractivity contribution in [3.05, 3.63) is 30.1 Å². The molecule has 4 unspecified atom stereocenters. The first kappa shape index (κ1) is 27.2. The molecule has 37 heavy (non-hydrogen) atoms. The van der Waals surface area contributed by atoms with Crippen LogP contribution in [0.25, 0.3) is 11.2 Å². The van der Waals surface area contributed by atoms with Crippen LogP contribution in [0.2, 0.25) is 0 Å². The van der Waals surface area contributed by atoms with Crippen molar-refractivity contribution in [3.8, 4) is 0 Å². The SMILES string of the molecule is CCCCNc1nc(SCCC)nc2c1nnn2C1CC(C(=O)N(CC)Cc2ccncc2)C(O)C1O. The van der Waals surface area contributed by atoms with Gasteiger partial charge in [0.2, 0.25) is 5.91 Å². The number of amides is 1. The zero-order valence-corrected chi connectivity index (χ0v) is 22.4. The van der Waals surface area contributed by atoms with Crippen LogP contribution in [0.15, 0.2) is 29.7 Å². The largest absolute Gasteiger partial charge is 0.390 e. The summed E-state index contributed by atoms with van der Waals surface area (Å²) in [6.45, 7) is 7.76. The summed E-state index contributed by atoms with van der Waals surface area (Å²) in [5.41, 5.74) is 1.95. The molecule has 0 aliphatic heterocycles. The van der Waals surface area contributed by atoms with Crippen LogP contribution in [0.4, 0.5) is 5.82 Å². The fourth-order valence-corrected chi connectivity index (χ4v) is 5.28. The third-order valence-electron chi connectivity index (χ3n) is 6.66. The Bertz CT molecular complexity index is 1180. The van der Waals surface area contributed by atoms with E-state index in [4.69, 9.17) is 4.98 Å². The number of hydrogen-bond acceptors (Lipinski definition) is 10. The van der Waals surface area contributed by atoms with Crippen molar-refractivity contribution in [2.75, 3.05) is 24.2 Å². The molecule has 11 nitrogen and oxygen atoms in total. The highest BCUT2D eigenvalue weighted by atomic mass is 32.2. The molecule has 0 spiro atoms. The third kappa shape index (κ3) is 6.02. The number of anilines is 1. The molecule has 3 N–H and O–H groups in total. The number of fused-ring (bicyclic) bond motifs is 1. The van der Waals surface area contributed by atoms with E-state index in [0.717, 1.165) is 37.1 Å². The van der Waals surface area contributed by atoms with Crippen LogP contribution >= 0.6 is 11.8 Å². The van der Waals surface area contributed by atoms with Gasteiger partial charge in [0.05, 0.1) is 18.1 Å². The Hall–Kier alpha value is -2.83. The monoisotopic (exact) mass is 528 g/mol. The molecule has 0 aromatic carbocycles. The van der Waals surface area contributed by atoms with Crippen LogP contribution in [0.5, 0.6) is 0 Å². The minimum Gasteiger partial charge on any atom is -0.390 e. The molecule has 1 saturated carbocycles. The van der Waals surface area contributed by atoms with Gasteiger partial charge in [0.25, 0.3) is 0 Å². The van der Waals surface area contributed by atoms with Crippen LogP contribution in [-0.2, 0) is 11.3 Å². The molecule has 4 rings (SSSR count). The van der Waals surface area contributed by atoms with Gasteiger partial charge in [-0.1, -0.05) is 37.2 Å². The Morgan fingerprint density at radius 2 is 1.95 bits per heavy atom. The Kier molecular flexibility index (Phi) is 9.28. The summed E-state index contributed by atoms with van der Waals surface area (Å²) < 4.78 is 1.55. The first-order valence-electron chi connectivity index (χ1n) is 13.0. The lowest BCUT2D eigenvalue weighted by Crippen LogP contribution is -2.40. The minimum absolute atomic E-state index is 0.200. The molecule has 200 valence electrons. The van der Waals surface area contributed by atoms with E-state index >= 15 is 0 Å². The maximum absolute atomic E-state index is 13.4. The number of thioether (sulfide) groups is 1. The number of aliphatic hydroxyl groups is 2. The van der Waals surface area contributed by atoms with Gasteiger partial charge in [-0.3, -0.25) is 9.78 Å². The molecular weight excluding hydrogens is 492 g/mol. The first-order valence-corrected chi connectivity index (χ1v) is 14.0. The molecule has 3 heterocycles. The summed E-state index contributed by atoms with van der Waals surface area (Å²) >= 11 is 1.55. The minimum atomic E-state index is -1.22. The van der Waals surface area contributed by atoms with Crippen molar-refractivity contribution >= 4 is 34.7 Å². The number of nitrogens with zero attached hydrogens (tertiary/aromatic N) is 7. The highest BCUT2D eigenvalue weighted by Gasteiger charge is 2.48. The molecular formula is C25H36N8O3S. The standard InChI is InChI=1S/C25H36N8O3S/c1-4-7-10-27-22-19-23(29-25(28-22)37-13-5-2)33(31-30-19)18-14-17(20(34)21(18)35)24(36)32(6-3)15-16-8-11-26-12-9-16/h8-9,11-12,17-18,20-21,34-35H,4-7,10,13-15H2,1-3H3,(H,27,28,29). The number of unbranched alkanes of at least 4 members (excludes halogenated alkanes) is 1. The summed E-state index contributed by atoms with van der Waals surface area (Å²) in [6, 6.07) is 3.08. The number of aliphatic hydroxyl groups excluding tert-OH is 2. The smallest absolute Gasteiger partial charge is 0.228 e. The summed E-state index contributed by atoms with van der Waals surface area (Å²) in [4.78, 5) is 28.5. The molecule has 3 aromatic heterocycles. The van der Waals surface area contributed by atoms with E-state index in [9.17, 15) is 15.0 Å². The van der Waals surface area contributed by atoms with Gasteiger partial charge in [-0.25, -0.2) is 14.6 Å². The van der Waals surface area contributed by atoms with Crippen LogP contribution in [0.1, 0.15) is 58.1 Å². The number of pyridine rings is 1. The van der Waals surface area contributed by atoms with Crippen LogP contribution in [0.3, 0.4) is 0 Å². The van der Waals surface area contributed by atoms with Gasteiger partial charge in [0.15, 0.2) is 22.1 Å². The predicted molar refractivity (Wildman–Crippen MR) is 142 cm³/mol. The number of carbonyl (C=O) groups is 1. The van der Waals surface area contributed by atoms with E-state index in [1.807, 2.05) is 19.1 Å². The molecule has 3 aromatic rings. The topological polar surface area (TPSA) is 142 Å². The number of rotatable bonds is 12. The maximum atomic E-state index is 13.4. The first-order chi connectivity index (χ1) is 18.0. The van der Waals surface area contributed by atoms with Gasteiger partial charge in [-0.2, -0.15) is 0 Å². The van der Waals surface area contributed by atoms with E-state index in [-0.39, 0.29) is 12.3 Å². The molecule has 0 radical (unpaired) electrons. The van der Waals surface area contributed by atoms with Gasteiger partial charge in [0, 0.05) is 37.8 Å². The van der Waals surface area contributed by atoms with Crippen LogP contribution < -0.4 is 5.32 Å². The Balaban J connectivity index is 1.60. The number of aromatic nitrogens is 6. The Morgan fingerprint density at radius 1 is 1.16 bits per heavy atom. The highest BCUT2D eigenvalue weighted by Crippen LogP contribution is 2.38. The van der Waals surface area contributed by atoms with Crippen molar-refractivity contribution in [3.63, 3.8) is 0 Å². The second-order valence-corrected chi connectivity index (χ2v) is 10.4. The molecule has 1 aliphatic rings. The van der Waals surface area contributed by atoms with Crippen molar-refractivity contribution in [2.24, 2.45) is 5.92 Å². The fraction of sp³-hybridized carbons (Fsp3) is 0.600. The molecule has 0 bridgehead atoms. The normalized spacial score (nSPS) is 21.4. The summed E-state index contributed by atoms with van der Waals surface area (Å²) in [7, 11) is 0. The predicted octanol–water partition coefficient (Wildman–Crippen LogP) is 2.66. The molecule has 4 atom stereocenters. The Morgan fingerprint density at radius 3 is 2.65 bits per heavy atom. The Labute approximate surface area is 221 Å². The van der Waals surface area contributed by atoms with Gasteiger partial charge < -0.3 is 20.4 Å². The van der Waals surface area contributed by atoms with Gasteiger partial charge >= 0.3 is 0 Å². The van der Waals surface area contributed by atoms with E-state index in [1.165, 1.54) is 0 Å². The quantitative estimate of drug-likeness (QED) is 0.182. The summed E-state index contributed by atoms with van der Waals surface area (Å²) in [5, 5.41) is 34.5. The summed E-state index contributed by atoms with van der Waals surface area (Å²) in [6.07, 6.45) is 4.21. The van der Waals surface area contributed by atoms with E-state index in [0.29, 0.717) is 35.2 Å². The fourth-order valence-electron chi connectivity index (χ4n) is 4.58. The van der Waals surface area contributed by atoms with Crippen molar-refractivity contribution in [1.82, 2.24) is 34.8 Å². The lowest BCUT2D eigenvalue weighted by Gasteiger charge is -2.26. The van der Waals surface area contributed by atoms with Crippen molar-refractivity contribution in [2.45, 2.75) is 76.4 Å². The maximum Gasteiger partial charge on any atom is 0.228 e. The molecule has 12 heteroatoms. The van der Waals surface area contributed by atoms with Gasteiger partial charge in [-0.15, -0.1) is 5.10 Å². The van der Waals surface area contributed by atoms with Gasteiger partial charge in [-0.05, 0) is 43.9 Å². The van der Waals surface area contributed by atoms with E-state index in [2.05, 4.69) is 39.4 Å². The number of nitrogens with one attached hydrogen (secondary N) is 1. The number of carbonyl (C=O) groups excluding carboxylic acids is 1. The number of hydrogen-bond donors (Lipinski definition) is 3. The zero-order valence-electron chi connectivity index (χ0n) is 21.6. The molecule has 0 saturated heterocycles. The zero-order chi connectivity index (χ0) is 26.4. The third-order valence-corrected chi connectivity index (χ3v) is 7.71. The van der Waals surface area contributed by atoms with Crippen molar-refractivity contribution in [1.29, 1.82) is 0 Å². The average Bonchev–Trinajstić information content (AvgIpc) is 3.47. The van der Waals surface area contributed by atoms with E-state index in [1.54, 1.807) is 33.7 Å². The van der Waals surface area contributed by atoms with Crippen LogP contribution in [0, 0.1) is 5.92 Å². The molecule has 1 aliphatic carbocycles.